The normalized spacial score (nSPS) is 10.9. The molecule has 0 bridgehead atoms. The quantitative estimate of drug-likeness (QED) is 0.764. The summed E-state index contributed by atoms with van der Waals surface area (Å²) in [5.74, 6) is -1.03. The van der Waals surface area contributed by atoms with E-state index in [0.717, 1.165) is 22.3 Å². The first kappa shape index (κ1) is 15.4. The maximum Gasteiger partial charge on any atom is 0.357 e. The van der Waals surface area contributed by atoms with Crippen LogP contribution in [0.2, 0.25) is 5.02 Å². The number of hydrogen-bond acceptors (Lipinski definition) is 3. The standard InChI is InChI=1S/C17H16ClN3O2/c1-10-7-12(18)4-3-11(10)9-21-15-8-13(19-2)5-6-14(15)16(20-21)17(22)23/h3-8,19H,9H2,1-2H3,(H,22,23). The zero-order valence-corrected chi connectivity index (χ0v) is 13.6. The SMILES string of the molecule is CNc1ccc2c(C(=O)O)nn(Cc3ccc(Cl)cc3C)c2c1. The third-order valence-corrected chi connectivity index (χ3v) is 4.10. The smallest absolute Gasteiger partial charge is 0.357 e. The first-order valence-corrected chi connectivity index (χ1v) is 7.54. The molecule has 5 nitrogen and oxygen atoms in total. The number of halogens is 1. The fourth-order valence-corrected chi connectivity index (χ4v) is 2.83. The molecular weight excluding hydrogens is 314 g/mol. The van der Waals surface area contributed by atoms with Crippen molar-refractivity contribution in [2.75, 3.05) is 12.4 Å². The molecule has 0 saturated carbocycles. The first-order chi connectivity index (χ1) is 11.0. The second-order valence-electron chi connectivity index (χ2n) is 5.36. The van der Waals surface area contributed by atoms with Gasteiger partial charge < -0.3 is 10.4 Å². The average molecular weight is 330 g/mol. The predicted molar refractivity (Wildman–Crippen MR) is 91.5 cm³/mol. The summed E-state index contributed by atoms with van der Waals surface area (Å²) in [6, 6.07) is 11.2. The Hall–Kier alpha value is -2.53. The van der Waals surface area contributed by atoms with Gasteiger partial charge in [0.2, 0.25) is 0 Å². The zero-order chi connectivity index (χ0) is 16.6. The van der Waals surface area contributed by atoms with E-state index in [9.17, 15) is 9.90 Å². The molecule has 0 aliphatic rings. The summed E-state index contributed by atoms with van der Waals surface area (Å²) >= 11 is 5.99. The number of carbonyl (C=O) groups is 1. The van der Waals surface area contributed by atoms with Crippen molar-refractivity contribution in [1.82, 2.24) is 9.78 Å². The molecule has 0 amide bonds. The number of aryl methyl sites for hydroxylation is 1. The molecule has 2 N–H and O–H groups in total. The molecule has 0 aliphatic carbocycles. The van der Waals surface area contributed by atoms with Crippen molar-refractivity contribution in [2.45, 2.75) is 13.5 Å². The fourth-order valence-electron chi connectivity index (χ4n) is 2.61. The second kappa shape index (κ2) is 5.93. The number of nitrogens with zero attached hydrogens (tertiary/aromatic N) is 2. The Labute approximate surface area is 138 Å². The van der Waals surface area contributed by atoms with Crippen LogP contribution < -0.4 is 5.32 Å². The van der Waals surface area contributed by atoms with Gasteiger partial charge >= 0.3 is 5.97 Å². The third-order valence-electron chi connectivity index (χ3n) is 3.87. The largest absolute Gasteiger partial charge is 0.476 e. The summed E-state index contributed by atoms with van der Waals surface area (Å²) < 4.78 is 1.72. The number of nitrogens with one attached hydrogen (secondary N) is 1. The topological polar surface area (TPSA) is 67.2 Å². The lowest BCUT2D eigenvalue weighted by atomic mass is 10.1. The van der Waals surface area contributed by atoms with E-state index in [1.165, 1.54) is 0 Å². The van der Waals surface area contributed by atoms with Crippen molar-refractivity contribution >= 4 is 34.2 Å². The van der Waals surface area contributed by atoms with E-state index in [1.54, 1.807) is 10.7 Å². The van der Waals surface area contributed by atoms with Crippen molar-refractivity contribution in [3.05, 3.63) is 58.2 Å². The highest BCUT2D eigenvalue weighted by Gasteiger charge is 2.17. The molecule has 6 heteroatoms. The van der Waals surface area contributed by atoms with Gasteiger partial charge in [0, 0.05) is 23.1 Å². The number of aromatic nitrogens is 2. The Morgan fingerprint density at radius 1 is 1.30 bits per heavy atom. The van der Waals surface area contributed by atoms with Crippen molar-refractivity contribution < 1.29 is 9.90 Å². The lowest BCUT2D eigenvalue weighted by Crippen LogP contribution is -2.05. The number of hydrogen-bond donors (Lipinski definition) is 2. The van der Waals surface area contributed by atoms with Crippen molar-refractivity contribution in [1.29, 1.82) is 0 Å². The molecule has 118 valence electrons. The summed E-state index contributed by atoms with van der Waals surface area (Å²) in [6.45, 7) is 2.46. The molecule has 2 aromatic carbocycles. The van der Waals surface area contributed by atoms with Crippen molar-refractivity contribution in [3.8, 4) is 0 Å². The molecule has 3 rings (SSSR count). The van der Waals surface area contributed by atoms with Crippen LogP contribution >= 0.6 is 11.6 Å². The number of carboxylic acid groups (broad SMARTS) is 1. The van der Waals surface area contributed by atoms with Gasteiger partial charge in [0.05, 0.1) is 12.1 Å². The number of anilines is 1. The zero-order valence-electron chi connectivity index (χ0n) is 12.8. The van der Waals surface area contributed by atoms with E-state index in [4.69, 9.17) is 11.6 Å². The van der Waals surface area contributed by atoms with Crippen LogP contribution in [-0.4, -0.2) is 27.9 Å². The van der Waals surface area contributed by atoms with Gasteiger partial charge in [-0.05, 0) is 48.4 Å². The van der Waals surface area contributed by atoms with E-state index >= 15 is 0 Å². The van der Waals surface area contributed by atoms with E-state index in [-0.39, 0.29) is 5.69 Å². The number of carboxylic acids is 1. The Morgan fingerprint density at radius 2 is 2.09 bits per heavy atom. The lowest BCUT2D eigenvalue weighted by Gasteiger charge is -2.08. The predicted octanol–water partition coefficient (Wildman–Crippen LogP) is 3.79. The number of aromatic carboxylic acids is 1. The van der Waals surface area contributed by atoms with E-state index in [0.29, 0.717) is 17.0 Å². The first-order valence-electron chi connectivity index (χ1n) is 7.16. The molecule has 0 radical (unpaired) electrons. The lowest BCUT2D eigenvalue weighted by molar-refractivity contribution is 0.0691. The highest BCUT2D eigenvalue weighted by Crippen LogP contribution is 2.24. The van der Waals surface area contributed by atoms with E-state index in [1.807, 2.05) is 44.3 Å². The highest BCUT2D eigenvalue weighted by molar-refractivity contribution is 6.30. The van der Waals surface area contributed by atoms with Crippen LogP contribution in [-0.2, 0) is 6.54 Å². The monoisotopic (exact) mass is 329 g/mol. The van der Waals surface area contributed by atoms with Gasteiger partial charge in [-0.2, -0.15) is 5.10 Å². The maximum absolute atomic E-state index is 11.4. The second-order valence-corrected chi connectivity index (χ2v) is 5.80. The van der Waals surface area contributed by atoms with Crippen LogP contribution in [0.25, 0.3) is 10.9 Å². The van der Waals surface area contributed by atoms with Gasteiger partial charge in [-0.15, -0.1) is 0 Å². The van der Waals surface area contributed by atoms with Crippen molar-refractivity contribution in [2.24, 2.45) is 0 Å². The minimum Gasteiger partial charge on any atom is -0.476 e. The molecule has 0 unspecified atom stereocenters. The molecule has 0 spiro atoms. The van der Waals surface area contributed by atoms with Gasteiger partial charge in [0.25, 0.3) is 0 Å². The summed E-state index contributed by atoms with van der Waals surface area (Å²) in [5, 5.41) is 18.0. The van der Waals surface area contributed by atoms with Gasteiger partial charge in [-0.1, -0.05) is 17.7 Å². The Kier molecular flexibility index (Phi) is 3.96. The maximum atomic E-state index is 11.4. The summed E-state index contributed by atoms with van der Waals surface area (Å²) in [4.78, 5) is 11.4. The van der Waals surface area contributed by atoms with Gasteiger partial charge in [-0.25, -0.2) is 4.79 Å². The molecule has 1 heterocycles. The minimum absolute atomic E-state index is 0.0641. The van der Waals surface area contributed by atoms with Crippen LogP contribution in [0, 0.1) is 6.92 Å². The fraction of sp³-hybridized carbons (Fsp3) is 0.176. The number of fused-ring (bicyclic) bond motifs is 1. The molecule has 1 aromatic heterocycles. The summed E-state index contributed by atoms with van der Waals surface area (Å²) in [6.07, 6.45) is 0. The van der Waals surface area contributed by atoms with Crippen LogP contribution in [0.4, 0.5) is 5.69 Å². The van der Waals surface area contributed by atoms with Crippen LogP contribution in [0.3, 0.4) is 0 Å². The van der Waals surface area contributed by atoms with E-state index in [2.05, 4.69) is 10.4 Å². The Balaban J connectivity index is 2.14. The van der Waals surface area contributed by atoms with Gasteiger partial charge in [0.15, 0.2) is 5.69 Å². The highest BCUT2D eigenvalue weighted by atomic mass is 35.5. The Morgan fingerprint density at radius 3 is 2.74 bits per heavy atom. The molecule has 3 aromatic rings. The van der Waals surface area contributed by atoms with Gasteiger partial charge in [-0.3, -0.25) is 4.68 Å². The average Bonchev–Trinajstić information content (AvgIpc) is 2.88. The molecule has 0 saturated heterocycles. The van der Waals surface area contributed by atoms with E-state index < -0.39 is 5.97 Å². The van der Waals surface area contributed by atoms with Crippen LogP contribution in [0.1, 0.15) is 21.6 Å². The molecule has 0 aliphatic heterocycles. The van der Waals surface area contributed by atoms with Gasteiger partial charge in [0.1, 0.15) is 0 Å². The molecular formula is C17H16ClN3O2. The number of benzene rings is 2. The third kappa shape index (κ3) is 2.87. The number of rotatable bonds is 4. The molecule has 23 heavy (non-hydrogen) atoms. The van der Waals surface area contributed by atoms with Crippen LogP contribution in [0.5, 0.6) is 0 Å². The van der Waals surface area contributed by atoms with Crippen LogP contribution in [0.15, 0.2) is 36.4 Å². The van der Waals surface area contributed by atoms with Crippen molar-refractivity contribution in [3.63, 3.8) is 0 Å². The minimum atomic E-state index is -1.03. The summed E-state index contributed by atoms with van der Waals surface area (Å²) in [5.41, 5.74) is 3.84. The summed E-state index contributed by atoms with van der Waals surface area (Å²) in [7, 11) is 1.82. The Bertz CT molecular complexity index is 902. The molecule has 0 fully saturated rings. The molecule has 0 atom stereocenters.